The van der Waals surface area contributed by atoms with Crippen molar-refractivity contribution in [2.45, 2.75) is 30.8 Å². The number of hydrogen-bond donors (Lipinski definition) is 0. The number of methoxy groups -OCH3 is 1. The van der Waals surface area contributed by atoms with Gasteiger partial charge in [0.1, 0.15) is 5.75 Å². The van der Waals surface area contributed by atoms with Crippen LogP contribution >= 0.6 is 0 Å². The summed E-state index contributed by atoms with van der Waals surface area (Å²) < 4.78 is 34.1. The Bertz CT molecular complexity index is 1140. The van der Waals surface area contributed by atoms with E-state index in [4.69, 9.17) is 4.74 Å². The normalized spacial score (nSPS) is 12.3. The first kappa shape index (κ1) is 21.6. The molecule has 0 N–H and O–H groups in total. The average Bonchev–Trinajstić information content (AvgIpc) is 2.78. The molecule has 0 unspecified atom stereocenters. The van der Waals surface area contributed by atoms with Gasteiger partial charge in [-0.05, 0) is 48.7 Å². The fraction of sp³-hybridized carbons (Fsp3) is 0.208. The fourth-order valence-corrected chi connectivity index (χ4v) is 5.06. The van der Waals surface area contributed by atoms with Crippen LogP contribution in [0.4, 0.5) is 0 Å². The number of para-hydroxylation sites is 1. The molecular formula is C24H24N2O3S. The van der Waals surface area contributed by atoms with Crippen molar-refractivity contribution in [3.05, 3.63) is 95.6 Å². The molecule has 154 valence electrons. The van der Waals surface area contributed by atoms with Gasteiger partial charge in [0, 0.05) is 12.6 Å². The zero-order valence-electron chi connectivity index (χ0n) is 17.0. The molecule has 6 heteroatoms. The van der Waals surface area contributed by atoms with Crippen molar-refractivity contribution < 1.29 is 13.2 Å². The molecular weight excluding hydrogens is 396 g/mol. The van der Waals surface area contributed by atoms with Crippen molar-refractivity contribution in [1.82, 2.24) is 4.31 Å². The van der Waals surface area contributed by atoms with Crippen LogP contribution in [0.5, 0.6) is 5.75 Å². The largest absolute Gasteiger partial charge is 0.496 e. The van der Waals surface area contributed by atoms with Crippen LogP contribution in [0.1, 0.15) is 23.6 Å². The summed E-state index contributed by atoms with van der Waals surface area (Å²) in [7, 11) is -2.22. The molecule has 0 amide bonds. The van der Waals surface area contributed by atoms with E-state index in [2.05, 4.69) is 0 Å². The summed E-state index contributed by atoms with van der Waals surface area (Å²) in [6.45, 7) is 2.12. The molecule has 30 heavy (non-hydrogen) atoms. The summed E-state index contributed by atoms with van der Waals surface area (Å²) in [5.74, 6) is 0.730. The van der Waals surface area contributed by atoms with E-state index in [-0.39, 0.29) is 17.5 Å². The highest BCUT2D eigenvalue weighted by Crippen LogP contribution is 2.26. The molecule has 0 spiro atoms. The van der Waals surface area contributed by atoms with Crippen molar-refractivity contribution in [3.8, 4) is 11.8 Å². The van der Waals surface area contributed by atoms with Gasteiger partial charge in [0.05, 0.1) is 23.6 Å². The second-order valence-electron chi connectivity index (χ2n) is 7.04. The highest BCUT2D eigenvalue weighted by molar-refractivity contribution is 7.89. The van der Waals surface area contributed by atoms with Crippen LogP contribution in [0.25, 0.3) is 0 Å². The quantitative estimate of drug-likeness (QED) is 0.542. The SMILES string of the molecule is COc1ccccc1C[C@@H](C)N(Cc1ccccc1)S(=O)(=O)c1cccc(C#N)c1. The van der Waals surface area contributed by atoms with Crippen LogP contribution in [-0.2, 0) is 23.0 Å². The van der Waals surface area contributed by atoms with E-state index in [0.717, 1.165) is 16.9 Å². The minimum Gasteiger partial charge on any atom is -0.496 e. The minimum absolute atomic E-state index is 0.115. The second-order valence-corrected chi connectivity index (χ2v) is 8.93. The van der Waals surface area contributed by atoms with Crippen LogP contribution in [0.3, 0.4) is 0 Å². The molecule has 0 saturated heterocycles. The van der Waals surface area contributed by atoms with Gasteiger partial charge in [-0.25, -0.2) is 8.42 Å². The third-order valence-electron chi connectivity index (χ3n) is 4.95. The standard InChI is InChI=1S/C24H24N2O3S/c1-19(15-22-12-6-7-14-24(22)29-2)26(18-20-9-4-3-5-10-20)30(27,28)23-13-8-11-21(16-23)17-25/h3-14,16,19H,15,18H2,1-2H3/t19-/m1/s1. The molecule has 3 aromatic carbocycles. The summed E-state index contributed by atoms with van der Waals surface area (Å²) in [5, 5.41) is 9.19. The van der Waals surface area contributed by atoms with E-state index < -0.39 is 10.0 Å². The van der Waals surface area contributed by atoms with Gasteiger partial charge in [0.15, 0.2) is 0 Å². The lowest BCUT2D eigenvalue weighted by molar-refractivity contribution is 0.323. The Morgan fingerprint density at radius 2 is 1.70 bits per heavy atom. The summed E-state index contributed by atoms with van der Waals surface area (Å²) in [5.41, 5.74) is 2.14. The first-order valence-corrected chi connectivity index (χ1v) is 11.1. The van der Waals surface area contributed by atoms with Crippen LogP contribution in [0, 0.1) is 11.3 Å². The molecule has 5 nitrogen and oxygen atoms in total. The van der Waals surface area contributed by atoms with Gasteiger partial charge < -0.3 is 4.74 Å². The Morgan fingerprint density at radius 1 is 1.00 bits per heavy atom. The molecule has 0 aliphatic rings. The average molecular weight is 421 g/mol. The highest BCUT2D eigenvalue weighted by atomic mass is 32.2. The van der Waals surface area contributed by atoms with Crippen LogP contribution in [0.2, 0.25) is 0 Å². The summed E-state index contributed by atoms with van der Waals surface area (Å²) in [6.07, 6.45) is 0.494. The van der Waals surface area contributed by atoms with E-state index in [1.165, 1.54) is 16.4 Å². The Hall–Kier alpha value is -3.14. The van der Waals surface area contributed by atoms with Gasteiger partial charge in [-0.1, -0.05) is 54.6 Å². The smallest absolute Gasteiger partial charge is 0.243 e. The summed E-state index contributed by atoms with van der Waals surface area (Å²) >= 11 is 0. The molecule has 0 saturated carbocycles. The maximum absolute atomic E-state index is 13.6. The number of benzene rings is 3. The predicted molar refractivity (Wildman–Crippen MR) is 116 cm³/mol. The van der Waals surface area contributed by atoms with Gasteiger partial charge in [-0.3, -0.25) is 0 Å². The Balaban J connectivity index is 2.00. The number of rotatable bonds is 8. The van der Waals surface area contributed by atoms with Gasteiger partial charge in [0.25, 0.3) is 0 Å². The Morgan fingerprint density at radius 3 is 2.40 bits per heavy atom. The Labute approximate surface area is 178 Å². The van der Waals surface area contributed by atoms with Gasteiger partial charge in [0.2, 0.25) is 10.0 Å². The highest BCUT2D eigenvalue weighted by Gasteiger charge is 2.30. The van der Waals surface area contributed by atoms with Crippen molar-refractivity contribution in [1.29, 1.82) is 5.26 Å². The van der Waals surface area contributed by atoms with E-state index in [9.17, 15) is 13.7 Å². The zero-order chi connectivity index (χ0) is 21.6. The number of sulfonamides is 1. The Kier molecular flexibility index (Phi) is 6.88. The van der Waals surface area contributed by atoms with Crippen LogP contribution in [-0.4, -0.2) is 25.9 Å². The lowest BCUT2D eigenvalue weighted by Gasteiger charge is -2.29. The third kappa shape index (κ3) is 4.88. The maximum atomic E-state index is 13.6. The molecule has 0 radical (unpaired) electrons. The molecule has 3 rings (SSSR count). The van der Waals surface area contributed by atoms with E-state index in [0.29, 0.717) is 12.0 Å². The molecule has 0 aliphatic carbocycles. The van der Waals surface area contributed by atoms with E-state index in [1.807, 2.05) is 67.6 Å². The molecule has 0 bridgehead atoms. The summed E-state index contributed by atoms with van der Waals surface area (Å²) in [6, 6.07) is 24.9. The second kappa shape index (κ2) is 9.57. The zero-order valence-corrected chi connectivity index (χ0v) is 17.8. The van der Waals surface area contributed by atoms with Crippen molar-refractivity contribution in [2.24, 2.45) is 0 Å². The van der Waals surface area contributed by atoms with E-state index >= 15 is 0 Å². The van der Waals surface area contributed by atoms with E-state index in [1.54, 1.807) is 19.2 Å². The molecule has 0 aliphatic heterocycles. The van der Waals surface area contributed by atoms with Crippen LogP contribution in [0.15, 0.2) is 83.8 Å². The fourth-order valence-electron chi connectivity index (χ4n) is 3.39. The molecule has 1 atom stereocenters. The maximum Gasteiger partial charge on any atom is 0.243 e. The number of ether oxygens (including phenoxy) is 1. The van der Waals surface area contributed by atoms with Crippen molar-refractivity contribution >= 4 is 10.0 Å². The van der Waals surface area contributed by atoms with Gasteiger partial charge >= 0.3 is 0 Å². The predicted octanol–water partition coefficient (Wildman–Crippen LogP) is 4.39. The van der Waals surface area contributed by atoms with Crippen molar-refractivity contribution in [3.63, 3.8) is 0 Å². The molecule has 3 aromatic rings. The molecule has 0 heterocycles. The topological polar surface area (TPSA) is 70.4 Å². The van der Waals surface area contributed by atoms with Gasteiger partial charge in [-0.2, -0.15) is 9.57 Å². The molecule has 0 aromatic heterocycles. The number of nitrogens with zero attached hydrogens (tertiary/aromatic N) is 2. The molecule has 0 fully saturated rings. The van der Waals surface area contributed by atoms with Gasteiger partial charge in [-0.15, -0.1) is 0 Å². The van der Waals surface area contributed by atoms with Crippen LogP contribution < -0.4 is 4.74 Å². The number of hydrogen-bond acceptors (Lipinski definition) is 4. The first-order chi connectivity index (χ1) is 14.5. The third-order valence-corrected chi connectivity index (χ3v) is 6.91. The first-order valence-electron chi connectivity index (χ1n) is 9.63. The summed E-state index contributed by atoms with van der Waals surface area (Å²) in [4.78, 5) is 0.115. The van der Waals surface area contributed by atoms with Crippen molar-refractivity contribution in [2.75, 3.05) is 7.11 Å². The monoisotopic (exact) mass is 420 g/mol. The lowest BCUT2D eigenvalue weighted by Crippen LogP contribution is -2.39. The lowest BCUT2D eigenvalue weighted by atomic mass is 10.1. The number of nitriles is 1. The minimum atomic E-state index is -3.83.